The van der Waals surface area contributed by atoms with Gasteiger partial charge in [0, 0.05) is 25.0 Å². The number of nitrogens with zero attached hydrogens (tertiary/aromatic N) is 1. The fourth-order valence-corrected chi connectivity index (χ4v) is 4.08. The highest BCUT2D eigenvalue weighted by atomic mass is 19.1. The van der Waals surface area contributed by atoms with Gasteiger partial charge in [0.25, 0.3) is 0 Å². The zero-order valence-electron chi connectivity index (χ0n) is 17.4. The van der Waals surface area contributed by atoms with Crippen molar-refractivity contribution in [3.05, 3.63) is 71.3 Å². The maximum absolute atomic E-state index is 13.4. The Labute approximate surface area is 177 Å². The number of rotatable bonds is 8. The molecule has 162 valence electrons. The average molecular weight is 417 g/mol. The van der Waals surface area contributed by atoms with Crippen LogP contribution in [0.15, 0.2) is 48.5 Å². The molecule has 0 radical (unpaired) electrons. The molecule has 2 aromatic carbocycles. The zero-order valence-corrected chi connectivity index (χ0v) is 17.4. The standard InChI is InChI=1S/C24H30F2N2O2/c1-2-30-24(29)27-22-13-16-28(17-14-22)15-3-4-23(18-5-9-20(25)10-6-18)19-7-11-21(26)12-8-19/h5-12,22-23H,2-4,13-17H2,1H3,(H,27,29). The number of piperidine rings is 1. The van der Waals surface area contributed by atoms with Crippen molar-refractivity contribution in [3.8, 4) is 0 Å². The number of amides is 1. The van der Waals surface area contributed by atoms with Gasteiger partial charge in [-0.15, -0.1) is 0 Å². The zero-order chi connectivity index (χ0) is 21.3. The molecule has 0 saturated carbocycles. The number of hydrogen-bond acceptors (Lipinski definition) is 3. The van der Waals surface area contributed by atoms with Crippen LogP contribution < -0.4 is 5.32 Å². The Hall–Kier alpha value is -2.47. The second-order valence-corrected chi connectivity index (χ2v) is 7.78. The molecule has 4 nitrogen and oxygen atoms in total. The molecule has 0 atom stereocenters. The molecule has 2 aromatic rings. The highest BCUT2D eigenvalue weighted by molar-refractivity contribution is 5.67. The van der Waals surface area contributed by atoms with Gasteiger partial charge in [0.15, 0.2) is 0 Å². The molecule has 0 bridgehead atoms. The van der Waals surface area contributed by atoms with Gasteiger partial charge in [-0.2, -0.15) is 0 Å². The molecule has 1 amide bonds. The Bertz CT molecular complexity index is 742. The number of alkyl carbamates (subject to hydrolysis) is 1. The largest absolute Gasteiger partial charge is 0.450 e. The lowest BCUT2D eigenvalue weighted by Crippen LogP contribution is -2.45. The van der Waals surface area contributed by atoms with Crippen LogP contribution in [0.1, 0.15) is 49.7 Å². The SMILES string of the molecule is CCOC(=O)NC1CCN(CCCC(c2ccc(F)cc2)c2ccc(F)cc2)CC1. The van der Waals surface area contributed by atoms with E-state index in [0.717, 1.165) is 56.4 Å². The van der Waals surface area contributed by atoms with Crippen LogP contribution in [0.4, 0.5) is 13.6 Å². The first-order chi connectivity index (χ1) is 14.5. The summed E-state index contributed by atoms with van der Waals surface area (Å²) < 4.78 is 31.7. The molecule has 1 aliphatic heterocycles. The molecule has 1 heterocycles. The van der Waals surface area contributed by atoms with E-state index in [-0.39, 0.29) is 29.7 Å². The van der Waals surface area contributed by atoms with Gasteiger partial charge in [0.05, 0.1) is 6.61 Å². The predicted octanol–water partition coefficient (Wildman–Crippen LogP) is 5.09. The molecule has 1 saturated heterocycles. The van der Waals surface area contributed by atoms with E-state index in [1.807, 2.05) is 24.3 Å². The molecule has 1 fully saturated rings. The smallest absolute Gasteiger partial charge is 0.407 e. The molecule has 0 unspecified atom stereocenters. The minimum absolute atomic E-state index is 0.106. The van der Waals surface area contributed by atoms with E-state index in [0.29, 0.717) is 6.61 Å². The highest BCUT2D eigenvalue weighted by Crippen LogP contribution is 2.30. The lowest BCUT2D eigenvalue weighted by Gasteiger charge is -2.32. The van der Waals surface area contributed by atoms with Crippen molar-refractivity contribution in [2.24, 2.45) is 0 Å². The number of carbonyl (C=O) groups is 1. The summed E-state index contributed by atoms with van der Waals surface area (Å²) in [6, 6.07) is 13.4. The normalized spacial score (nSPS) is 15.3. The van der Waals surface area contributed by atoms with Crippen molar-refractivity contribution >= 4 is 6.09 Å². The highest BCUT2D eigenvalue weighted by Gasteiger charge is 2.21. The van der Waals surface area contributed by atoms with Crippen molar-refractivity contribution in [1.82, 2.24) is 10.2 Å². The third-order valence-electron chi connectivity index (χ3n) is 5.70. The van der Waals surface area contributed by atoms with E-state index in [4.69, 9.17) is 4.74 Å². The predicted molar refractivity (Wildman–Crippen MR) is 113 cm³/mol. The van der Waals surface area contributed by atoms with Gasteiger partial charge in [-0.05, 0) is 74.5 Å². The van der Waals surface area contributed by atoms with Crippen LogP contribution in [-0.4, -0.2) is 43.3 Å². The minimum Gasteiger partial charge on any atom is -0.450 e. The topological polar surface area (TPSA) is 41.6 Å². The summed E-state index contributed by atoms with van der Waals surface area (Å²) in [7, 11) is 0. The summed E-state index contributed by atoms with van der Waals surface area (Å²) >= 11 is 0. The van der Waals surface area contributed by atoms with Crippen LogP contribution >= 0.6 is 0 Å². The van der Waals surface area contributed by atoms with E-state index in [1.165, 1.54) is 24.3 Å². The van der Waals surface area contributed by atoms with Gasteiger partial charge in [-0.25, -0.2) is 13.6 Å². The fourth-order valence-electron chi connectivity index (χ4n) is 4.08. The average Bonchev–Trinajstić information content (AvgIpc) is 2.74. The number of carbonyl (C=O) groups excluding carboxylic acids is 1. The Morgan fingerprint density at radius 3 is 2.07 bits per heavy atom. The summed E-state index contributed by atoms with van der Waals surface area (Å²) in [5.41, 5.74) is 2.08. The molecule has 3 rings (SSSR count). The van der Waals surface area contributed by atoms with Gasteiger partial charge in [0.1, 0.15) is 11.6 Å². The monoisotopic (exact) mass is 416 g/mol. The van der Waals surface area contributed by atoms with Gasteiger partial charge in [0.2, 0.25) is 0 Å². The Kier molecular flexibility index (Phi) is 8.20. The molecule has 1 N–H and O–H groups in total. The second-order valence-electron chi connectivity index (χ2n) is 7.78. The quantitative estimate of drug-likeness (QED) is 0.652. The molecule has 0 aliphatic carbocycles. The van der Waals surface area contributed by atoms with Crippen molar-refractivity contribution in [2.45, 2.75) is 44.6 Å². The maximum atomic E-state index is 13.4. The van der Waals surface area contributed by atoms with Crippen LogP contribution in [0.5, 0.6) is 0 Å². The van der Waals surface area contributed by atoms with Crippen molar-refractivity contribution in [3.63, 3.8) is 0 Å². The second kappa shape index (κ2) is 11.1. The third-order valence-corrected chi connectivity index (χ3v) is 5.70. The lowest BCUT2D eigenvalue weighted by atomic mass is 9.87. The number of nitrogens with one attached hydrogen (secondary N) is 1. The van der Waals surface area contributed by atoms with E-state index in [9.17, 15) is 13.6 Å². The molecular weight excluding hydrogens is 386 g/mol. The number of halogens is 2. The third kappa shape index (κ3) is 6.52. The Balaban J connectivity index is 1.52. The molecular formula is C24H30F2N2O2. The Morgan fingerprint density at radius 1 is 1.03 bits per heavy atom. The van der Waals surface area contributed by atoms with E-state index >= 15 is 0 Å². The number of hydrogen-bond donors (Lipinski definition) is 1. The molecule has 0 spiro atoms. The van der Waals surface area contributed by atoms with Gasteiger partial charge < -0.3 is 15.0 Å². The number of ether oxygens (including phenoxy) is 1. The molecule has 30 heavy (non-hydrogen) atoms. The minimum atomic E-state index is -0.336. The fraction of sp³-hybridized carbons (Fsp3) is 0.458. The van der Waals surface area contributed by atoms with Crippen LogP contribution in [-0.2, 0) is 4.74 Å². The summed E-state index contributed by atoms with van der Waals surface area (Å²) in [6.45, 7) is 5.02. The first-order valence-corrected chi connectivity index (χ1v) is 10.7. The first kappa shape index (κ1) is 22.2. The Morgan fingerprint density at radius 2 is 1.57 bits per heavy atom. The van der Waals surface area contributed by atoms with Gasteiger partial charge >= 0.3 is 6.09 Å². The van der Waals surface area contributed by atoms with Crippen molar-refractivity contribution in [1.29, 1.82) is 0 Å². The first-order valence-electron chi connectivity index (χ1n) is 10.7. The maximum Gasteiger partial charge on any atom is 0.407 e. The van der Waals surface area contributed by atoms with Crippen LogP contribution in [0.2, 0.25) is 0 Å². The van der Waals surface area contributed by atoms with Crippen molar-refractivity contribution < 1.29 is 18.3 Å². The number of benzene rings is 2. The van der Waals surface area contributed by atoms with E-state index < -0.39 is 0 Å². The van der Waals surface area contributed by atoms with E-state index in [2.05, 4.69) is 10.2 Å². The van der Waals surface area contributed by atoms with Crippen LogP contribution in [0, 0.1) is 11.6 Å². The molecule has 6 heteroatoms. The molecule has 0 aromatic heterocycles. The van der Waals surface area contributed by atoms with Crippen LogP contribution in [0.3, 0.4) is 0 Å². The summed E-state index contributed by atoms with van der Waals surface area (Å²) in [6.07, 6.45) is 3.38. The summed E-state index contributed by atoms with van der Waals surface area (Å²) in [4.78, 5) is 14.0. The lowest BCUT2D eigenvalue weighted by molar-refractivity contribution is 0.136. The van der Waals surface area contributed by atoms with Crippen molar-refractivity contribution in [2.75, 3.05) is 26.2 Å². The summed E-state index contributed by atoms with van der Waals surface area (Å²) in [5.74, 6) is -0.402. The summed E-state index contributed by atoms with van der Waals surface area (Å²) in [5, 5.41) is 2.92. The van der Waals surface area contributed by atoms with Gasteiger partial charge in [-0.1, -0.05) is 24.3 Å². The van der Waals surface area contributed by atoms with Gasteiger partial charge in [-0.3, -0.25) is 0 Å². The number of likely N-dealkylation sites (tertiary alicyclic amines) is 1. The van der Waals surface area contributed by atoms with Crippen LogP contribution in [0.25, 0.3) is 0 Å². The molecule has 1 aliphatic rings. The van der Waals surface area contributed by atoms with E-state index in [1.54, 1.807) is 6.92 Å².